The first-order valence-corrected chi connectivity index (χ1v) is 7.58. The van der Waals surface area contributed by atoms with Crippen molar-refractivity contribution in [3.05, 3.63) is 38.5 Å². The van der Waals surface area contributed by atoms with E-state index < -0.39 is 5.97 Å². The van der Waals surface area contributed by atoms with Gasteiger partial charge in [-0.2, -0.15) is 0 Å². The lowest BCUT2D eigenvalue weighted by atomic mass is 10.2. The molecule has 0 saturated heterocycles. The smallest absolute Gasteiger partial charge is 0.335 e. The Labute approximate surface area is 134 Å². The van der Waals surface area contributed by atoms with Gasteiger partial charge in [-0.3, -0.25) is 0 Å². The van der Waals surface area contributed by atoms with E-state index in [4.69, 9.17) is 19.3 Å². The molecule has 2 rings (SSSR count). The largest absolute Gasteiger partial charge is 0.493 e. The minimum Gasteiger partial charge on any atom is -0.493 e. The molecule has 0 saturated carbocycles. The summed E-state index contributed by atoms with van der Waals surface area (Å²) in [7, 11) is 2.91. The van der Waals surface area contributed by atoms with Crippen molar-refractivity contribution in [1.82, 2.24) is 0 Å². The quantitative estimate of drug-likeness (QED) is 0.834. The van der Waals surface area contributed by atoms with Crippen molar-refractivity contribution < 1.29 is 24.1 Å². The zero-order chi connectivity index (χ0) is 15.4. The van der Waals surface area contributed by atoms with Gasteiger partial charge in [-0.05, 0) is 39.5 Å². The van der Waals surface area contributed by atoms with Gasteiger partial charge in [0.05, 0.1) is 24.7 Å². The molecule has 1 N–H and O–H groups in total. The summed E-state index contributed by atoms with van der Waals surface area (Å²) < 4.78 is 17.1. The Kier molecular flexibility index (Phi) is 5.08. The molecule has 0 fully saturated rings. The average molecular weight is 373 g/mol. The first kappa shape index (κ1) is 15.7. The molecule has 5 nitrogen and oxygen atoms in total. The molecule has 1 aromatic heterocycles. The number of halogens is 1. The lowest BCUT2D eigenvalue weighted by Crippen LogP contribution is -2.03. The third-order valence-corrected chi connectivity index (χ3v) is 4.65. The van der Waals surface area contributed by atoms with Crippen LogP contribution in [0.1, 0.15) is 15.2 Å². The highest BCUT2D eigenvalue weighted by Gasteiger charge is 2.17. The minimum atomic E-state index is -1.06. The predicted molar refractivity (Wildman–Crippen MR) is 82.9 cm³/mol. The molecule has 112 valence electrons. The third-order valence-electron chi connectivity index (χ3n) is 2.75. The normalized spacial score (nSPS) is 10.2. The van der Waals surface area contributed by atoms with Crippen molar-refractivity contribution in [3.8, 4) is 17.2 Å². The molecule has 0 atom stereocenters. The summed E-state index contributed by atoms with van der Waals surface area (Å²) in [6.45, 7) is 0.331. The van der Waals surface area contributed by atoms with Crippen molar-refractivity contribution >= 4 is 33.2 Å². The number of aromatic carboxylic acids is 1. The molecule has 1 aromatic carbocycles. The molecule has 7 heteroatoms. The monoisotopic (exact) mass is 372 g/mol. The zero-order valence-corrected chi connectivity index (χ0v) is 13.8. The number of ether oxygens (including phenoxy) is 3. The second-order valence-corrected chi connectivity index (χ2v) is 5.85. The maximum absolute atomic E-state index is 11.1. The first-order valence-electron chi connectivity index (χ1n) is 5.90. The molecule has 0 aliphatic rings. The van der Waals surface area contributed by atoms with E-state index in [0.717, 1.165) is 9.35 Å². The van der Waals surface area contributed by atoms with Gasteiger partial charge in [0.15, 0.2) is 11.5 Å². The second kappa shape index (κ2) is 6.82. The van der Waals surface area contributed by atoms with Crippen LogP contribution < -0.4 is 14.2 Å². The number of carboxylic acids is 1. The number of hydrogen-bond acceptors (Lipinski definition) is 5. The molecule has 1 heterocycles. The third kappa shape index (κ3) is 3.48. The Morgan fingerprint density at radius 3 is 2.33 bits per heavy atom. The van der Waals surface area contributed by atoms with Gasteiger partial charge in [-0.1, -0.05) is 0 Å². The van der Waals surface area contributed by atoms with Crippen molar-refractivity contribution in [2.45, 2.75) is 6.61 Å². The summed E-state index contributed by atoms with van der Waals surface area (Å²) in [5.74, 6) is -0.0386. The van der Waals surface area contributed by atoms with Crippen molar-refractivity contribution in [3.63, 3.8) is 0 Å². The highest BCUT2D eigenvalue weighted by atomic mass is 79.9. The Bertz CT molecular complexity index is 628. The predicted octanol–water partition coefficient (Wildman–Crippen LogP) is 3.81. The molecule has 0 amide bonds. The number of carbonyl (C=O) groups is 1. The lowest BCUT2D eigenvalue weighted by molar-refractivity contribution is 0.0696. The topological polar surface area (TPSA) is 65.0 Å². The van der Waals surface area contributed by atoms with E-state index in [1.54, 1.807) is 11.3 Å². The molecular weight excluding hydrogens is 360 g/mol. The van der Waals surface area contributed by atoms with Crippen LogP contribution in [0.15, 0.2) is 28.1 Å². The summed E-state index contributed by atoms with van der Waals surface area (Å²) >= 11 is 4.99. The zero-order valence-electron chi connectivity index (χ0n) is 11.4. The highest BCUT2D eigenvalue weighted by Crippen LogP contribution is 2.39. The van der Waals surface area contributed by atoms with Gasteiger partial charge >= 0.3 is 5.97 Å². The number of benzene rings is 1. The van der Waals surface area contributed by atoms with Gasteiger partial charge in [-0.15, -0.1) is 11.3 Å². The molecule has 2 aromatic rings. The average Bonchev–Trinajstić information content (AvgIpc) is 2.89. The van der Waals surface area contributed by atoms with Crippen LogP contribution >= 0.6 is 27.3 Å². The van der Waals surface area contributed by atoms with Crippen molar-refractivity contribution in [1.29, 1.82) is 0 Å². The summed E-state index contributed by atoms with van der Waals surface area (Å²) in [5, 5.41) is 11.0. The van der Waals surface area contributed by atoms with Crippen LogP contribution in [0, 0.1) is 0 Å². The highest BCUT2D eigenvalue weighted by molar-refractivity contribution is 9.10. The molecule has 0 unspecified atom stereocenters. The van der Waals surface area contributed by atoms with E-state index in [0.29, 0.717) is 23.9 Å². The fourth-order valence-corrected chi connectivity index (χ4v) is 3.09. The van der Waals surface area contributed by atoms with E-state index in [2.05, 4.69) is 15.9 Å². The van der Waals surface area contributed by atoms with Gasteiger partial charge in [0.2, 0.25) is 5.75 Å². The maximum Gasteiger partial charge on any atom is 0.335 e. The number of rotatable bonds is 6. The van der Waals surface area contributed by atoms with Crippen molar-refractivity contribution in [2.24, 2.45) is 0 Å². The number of hydrogen-bond donors (Lipinski definition) is 1. The fourth-order valence-electron chi connectivity index (χ4n) is 1.71. The molecule has 0 bridgehead atoms. The van der Waals surface area contributed by atoms with Crippen LogP contribution in [-0.4, -0.2) is 25.3 Å². The Hall–Kier alpha value is -1.73. The number of carboxylic acid groups (broad SMARTS) is 1. The summed E-state index contributed by atoms with van der Waals surface area (Å²) in [6.07, 6.45) is 0. The van der Waals surface area contributed by atoms with Crippen LogP contribution in [0.3, 0.4) is 0 Å². The van der Waals surface area contributed by atoms with Crippen molar-refractivity contribution in [2.75, 3.05) is 14.2 Å². The van der Waals surface area contributed by atoms with Crippen LogP contribution in [0.5, 0.6) is 17.2 Å². The number of methoxy groups -OCH3 is 2. The molecule has 0 radical (unpaired) electrons. The van der Waals surface area contributed by atoms with E-state index >= 15 is 0 Å². The molecule has 21 heavy (non-hydrogen) atoms. The van der Waals surface area contributed by atoms with Gasteiger partial charge < -0.3 is 19.3 Å². The van der Waals surface area contributed by atoms with Crippen LogP contribution in [0.4, 0.5) is 0 Å². The lowest BCUT2D eigenvalue weighted by Gasteiger charge is -2.15. The Morgan fingerprint density at radius 1 is 1.29 bits per heavy atom. The summed E-state index contributed by atoms with van der Waals surface area (Å²) in [5.41, 5.74) is 0.0772. The van der Waals surface area contributed by atoms with Gasteiger partial charge in [-0.25, -0.2) is 4.79 Å². The standard InChI is InChI=1S/C14H13BrO5S/c1-18-10-5-8(14(16)17)6-11(19-2)13(10)20-7-12-9(15)3-4-21-12/h3-6H,7H2,1-2H3,(H,16,17). The molecular formula is C14H13BrO5S. The Balaban J connectivity index is 2.33. The second-order valence-electron chi connectivity index (χ2n) is 4.00. The van der Waals surface area contributed by atoms with Crippen LogP contribution in [0.2, 0.25) is 0 Å². The van der Waals surface area contributed by atoms with E-state index in [9.17, 15) is 4.79 Å². The minimum absolute atomic E-state index is 0.0772. The Morgan fingerprint density at radius 2 is 1.90 bits per heavy atom. The van der Waals surface area contributed by atoms with Crippen LogP contribution in [-0.2, 0) is 6.61 Å². The van der Waals surface area contributed by atoms with Gasteiger partial charge in [0, 0.05) is 4.47 Å². The van der Waals surface area contributed by atoms with E-state index in [1.165, 1.54) is 26.4 Å². The molecule has 0 spiro atoms. The summed E-state index contributed by atoms with van der Waals surface area (Å²) in [6, 6.07) is 4.75. The van der Waals surface area contributed by atoms with E-state index in [1.807, 2.05) is 11.4 Å². The van der Waals surface area contributed by atoms with E-state index in [-0.39, 0.29) is 5.56 Å². The maximum atomic E-state index is 11.1. The molecule has 0 aliphatic carbocycles. The fraction of sp³-hybridized carbons (Fsp3) is 0.214. The molecule has 0 aliphatic heterocycles. The number of thiophene rings is 1. The summed E-state index contributed by atoms with van der Waals surface area (Å²) in [4.78, 5) is 12.1. The van der Waals surface area contributed by atoms with Gasteiger partial charge in [0.25, 0.3) is 0 Å². The SMILES string of the molecule is COc1cc(C(=O)O)cc(OC)c1OCc1sccc1Br. The first-order chi connectivity index (χ1) is 10.1. The van der Waals surface area contributed by atoms with Crippen LogP contribution in [0.25, 0.3) is 0 Å². The van der Waals surface area contributed by atoms with Gasteiger partial charge in [0.1, 0.15) is 6.61 Å².